The van der Waals surface area contributed by atoms with E-state index in [4.69, 9.17) is 0 Å². The van der Waals surface area contributed by atoms with Crippen LogP contribution in [0, 0.1) is 17.0 Å². The summed E-state index contributed by atoms with van der Waals surface area (Å²) in [6, 6.07) is 19.1. The summed E-state index contributed by atoms with van der Waals surface area (Å²) in [6.45, 7) is 7.00. The van der Waals surface area contributed by atoms with Crippen molar-refractivity contribution in [3.05, 3.63) is 100 Å². The minimum Gasteiger partial charge on any atom is -0.352 e. The number of sulfonamides is 1. The van der Waals surface area contributed by atoms with E-state index in [1.54, 1.807) is 25.1 Å². The van der Waals surface area contributed by atoms with Gasteiger partial charge in [-0.05, 0) is 62.1 Å². The molecule has 0 radical (unpaired) electrons. The van der Waals surface area contributed by atoms with Crippen LogP contribution in [-0.4, -0.2) is 48.7 Å². The van der Waals surface area contributed by atoms with E-state index >= 15 is 0 Å². The second-order valence-corrected chi connectivity index (χ2v) is 11.7. The van der Waals surface area contributed by atoms with Crippen molar-refractivity contribution in [2.24, 2.45) is 0 Å². The molecule has 2 atom stereocenters. The van der Waals surface area contributed by atoms with Gasteiger partial charge in [-0.2, -0.15) is 0 Å². The molecule has 3 rings (SSSR count). The van der Waals surface area contributed by atoms with Crippen LogP contribution in [0.25, 0.3) is 0 Å². The quantitative estimate of drug-likeness (QED) is 0.228. The Labute approximate surface area is 241 Å². The number of non-ortho nitro benzene ring substituents is 1. The Balaban J connectivity index is 2.08. The molecule has 11 heteroatoms. The van der Waals surface area contributed by atoms with E-state index in [0.29, 0.717) is 12.8 Å². The molecule has 0 heterocycles. The van der Waals surface area contributed by atoms with Crippen LogP contribution in [0.4, 0.5) is 11.4 Å². The number of hydrogen-bond donors (Lipinski definition) is 1. The summed E-state index contributed by atoms with van der Waals surface area (Å²) in [5.74, 6) is -0.908. The summed E-state index contributed by atoms with van der Waals surface area (Å²) in [6.07, 6.45) is 1.01. The minimum absolute atomic E-state index is 0.0434. The zero-order chi connectivity index (χ0) is 30.2. The monoisotopic (exact) mass is 580 g/mol. The van der Waals surface area contributed by atoms with Crippen molar-refractivity contribution >= 4 is 33.2 Å². The standard InChI is InChI=1S/C30H36N4O6S/c1-5-23(4)31-30(36)28(6-2)32(20-24-13-11-10-12-22(24)3)29(35)21-33(25-16-18-26(19-17-25)34(37)38)41(39,40)27-14-8-7-9-15-27/h7-19,23,28H,5-6,20-21H2,1-4H3,(H,31,36)/t23-,28-/m1/s1. The molecule has 0 unspecified atom stereocenters. The van der Waals surface area contributed by atoms with Crippen molar-refractivity contribution in [3.63, 3.8) is 0 Å². The molecule has 2 amide bonds. The summed E-state index contributed by atoms with van der Waals surface area (Å²) in [4.78, 5) is 39.4. The molecule has 0 fully saturated rings. The number of anilines is 1. The maximum absolute atomic E-state index is 14.1. The normalized spacial score (nSPS) is 12.7. The molecular formula is C30H36N4O6S. The summed E-state index contributed by atoms with van der Waals surface area (Å²) in [5, 5.41) is 14.2. The first-order valence-electron chi connectivity index (χ1n) is 13.5. The van der Waals surface area contributed by atoms with Crippen LogP contribution < -0.4 is 9.62 Å². The zero-order valence-corrected chi connectivity index (χ0v) is 24.5. The third-order valence-electron chi connectivity index (χ3n) is 6.95. The number of nitro groups is 1. The van der Waals surface area contributed by atoms with Crippen LogP contribution >= 0.6 is 0 Å². The highest BCUT2D eigenvalue weighted by atomic mass is 32.2. The minimum atomic E-state index is -4.26. The molecule has 41 heavy (non-hydrogen) atoms. The highest BCUT2D eigenvalue weighted by Gasteiger charge is 2.34. The second kappa shape index (κ2) is 13.9. The van der Waals surface area contributed by atoms with Crippen LogP contribution in [0.15, 0.2) is 83.8 Å². The Morgan fingerprint density at radius 2 is 1.54 bits per heavy atom. The van der Waals surface area contributed by atoms with Gasteiger partial charge in [-0.3, -0.25) is 24.0 Å². The summed E-state index contributed by atoms with van der Waals surface area (Å²) in [7, 11) is -4.26. The lowest BCUT2D eigenvalue weighted by atomic mass is 10.1. The molecule has 0 aromatic heterocycles. The van der Waals surface area contributed by atoms with Crippen LogP contribution in [0.3, 0.4) is 0 Å². The molecule has 0 saturated heterocycles. The summed E-state index contributed by atoms with van der Waals surface area (Å²) >= 11 is 0. The predicted molar refractivity (Wildman–Crippen MR) is 158 cm³/mol. The number of nitro benzene ring substituents is 1. The van der Waals surface area contributed by atoms with Crippen LogP contribution in [0.2, 0.25) is 0 Å². The molecule has 0 aliphatic rings. The highest BCUT2D eigenvalue weighted by Crippen LogP contribution is 2.27. The van der Waals surface area contributed by atoms with E-state index in [2.05, 4.69) is 5.32 Å². The Hall–Kier alpha value is -4.25. The fraction of sp³-hybridized carbons (Fsp3) is 0.333. The van der Waals surface area contributed by atoms with Gasteiger partial charge in [0.15, 0.2) is 0 Å². The molecule has 3 aromatic carbocycles. The first kappa shape index (κ1) is 31.3. The van der Waals surface area contributed by atoms with E-state index in [9.17, 15) is 28.1 Å². The number of carbonyl (C=O) groups excluding carboxylic acids is 2. The number of hydrogen-bond acceptors (Lipinski definition) is 6. The number of amides is 2. The van der Waals surface area contributed by atoms with Crippen LogP contribution in [0.5, 0.6) is 0 Å². The van der Waals surface area contributed by atoms with Gasteiger partial charge in [0.05, 0.1) is 15.5 Å². The first-order chi connectivity index (χ1) is 19.5. The molecule has 1 N–H and O–H groups in total. The second-order valence-electron chi connectivity index (χ2n) is 9.79. The van der Waals surface area contributed by atoms with E-state index < -0.39 is 33.4 Å². The van der Waals surface area contributed by atoms with Crippen molar-refractivity contribution in [1.82, 2.24) is 10.2 Å². The number of carbonyl (C=O) groups is 2. The van der Waals surface area contributed by atoms with Crippen LogP contribution in [0.1, 0.15) is 44.7 Å². The molecule has 0 spiro atoms. The van der Waals surface area contributed by atoms with Gasteiger partial charge in [-0.15, -0.1) is 0 Å². The van der Waals surface area contributed by atoms with E-state index in [0.717, 1.165) is 15.4 Å². The first-order valence-corrected chi connectivity index (χ1v) is 14.9. The lowest BCUT2D eigenvalue weighted by Crippen LogP contribution is -2.53. The van der Waals surface area contributed by atoms with Gasteiger partial charge in [0.25, 0.3) is 15.7 Å². The van der Waals surface area contributed by atoms with Gasteiger partial charge in [0.1, 0.15) is 12.6 Å². The van der Waals surface area contributed by atoms with Gasteiger partial charge >= 0.3 is 0 Å². The van der Waals surface area contributed by atoms with Gasteiger partial charge in [0, 0.05) is 24.7 Å². The third-order valence-corrected chi connectivity index (χ3v) is 8.74. The maximum Gasteiger partial charge on any atom is 0.269 e. The molecule has 0 aliphatic carbocycles. The van der Waals surface area contributed by atoms with Gasteiger partial charge in [-0.25, -0.2) is 8.42 Å². The highest BCUT2D eigenvalue weighted by molar-refractivity contribution is 7.92. The average Bonchev–Trinajstić information content (AvgIpc) is 2.97. The van der Waals surface area contributed by atoms with Crippen molar-refractivity contribution in [1.29, 1.82) is 0 Å². The lowest BCUT2D eigenvalue weighted by molar-refractivity contribution is -0.384. The fourth-order valence-corrected chi connectivity index (χ4v) is 5.76. The third kappa shape index (κ3) is 7.69. The number of aryl methyl sites for hydroxylation is 1. The van der Waals surface area contributed by atoms with Crippen molar-refractivity contribution < 1.29 is 22.9 Å². The van der Waals surface area contributed by atoms with Gasteiger partial charge in [-0.1, -0.05) is 56.3 Å². The molecule has 0 bridgehead atoms. The van der Waals surface area contributed by atoms with Crippen molar-refractivity contribution in [2.75, 3.05) is 10.8 Å². The Morgan fingerprint density at radius 3 is 2.10 bits per heavy atom. The summed E-state index contributed by atoms with van der Waals surface area (Å²) < 4.78 is 28.6. The number of benzene rings is 3. The number of rotatable bonds is 13. The molecular weight excluding hydrogens is 544 g/mol. The average molecular weight is 581 g/mol. The zero-order valence-electron chi connectivity index (χ0n) is 23.7. The molecule has 218 valence electrons. The van der Waals surface area contributed by atoms with Crippen molar-refractivity contribution in [3.8, 4) is 0 Å². The Kier molecular flexibility index (Phi) is 10.6. The number of nitrogens with one attached hydrogen (secondary N) is 1. The van der Waals surface area contributed by atoms with E-state index in [1.165, 1.54) is 41.3 Å². The fourth-order valence-electron chi connectivity index (χ4n) is 4.32. The van der Waals surface area contributed by atoms with Crippen LogP contribution in [-0.2, 0) is 26.2 Å². The largest absolute Gasteiger partial charge is 0.352 e. The molecule has 3 aromatic rings. The van der Waals surface area contributed by atoms with E-state index in [-0.39, 0.29) is 34.8 Å². The van der Waals surface area contributed by atoms with Crippen molar-refractivity contribution in [2.45, 2.75) is 64.1 Å². The van der Waals surface area contributed by atoms with Gasteiger partial charge < -0.3 is 10.2 Å². The molecule has 0 saturated carbocycles. The predicted octanol–water partition coefficient (Wildman–Crippen LogP) is 4.82. The van der Waals surface area contributed by atoms with E-state index in [1.807, 2.05) is 45.0 Å². The maximum atomic E-state index is 14.1. The molecule has 0 aliphatic heterocycles. The SMILES string of the molecule is CC[C@@H](C)NC(=O)[C@@H](CC)N(Cc1ccccc1C)C(=O)CN(c1ccc([N+](=O)[O-])cc1)S(=O)(=O)c1ccccc1. The Bertz CT molecular complexity index is 1460. The smallest absolute Gasteiger partial charge is 0.269 e. The summed E-state index contributed by atoms with van der Waals surface area (Å²) in [5.41, 5.74) is 1.61. The topological polar surface area (TPSA) is 130 Å². The number of nitrogens with zero attached hydrogens (tertiary/aromatic N) is 3. The lowest BCUT2D eigenvalue weighted by Gasteiger charge is -2.34. The molecule has 10 nitrogen and oxygen atoms in total. The van der Waals surface area contributed by atoms with Gasteiger partial charge in [0.2, 0.25) is 11.8 Å². The Morgan fingerprint density at radius 1 is 0.927 bits per heavy atom.